The summed E-state index contributed by atoms with van der Waals surface area (Å²) in [5, 5.41) is 3.63. The molecular weight excluding hydrogens is 260 g/mol. The van der Waals surface area contributed by atoms with Gasteiger partial charge in [-0.15, -0.1) is 0 Å². The fourth-order valence-electron chi connectivity index (χ4n) is 3.12. The van der Waals surface area contributed by atoms with Gasteiger partial charge in [0.15, 0.2) is 0 Å². The number of ether oxygens (including phenoxy) is 1. The molecule has 1 aromatic rings. The first-order valence-electron chi connectivity index (χ1n) is 8.11. The second kappa shape index (κ2) is 7.92. The Morgan fingerprint density at radius 3 is 2.67 bits per heavy atom. The molecule has 0 spiro atoms. The van der Waals surface area contributed by atoms with Crippen molar-refractivity contribution < 1.29 is 4.74 Å². The van der Waals surface area contributed by atoms with Gasteiger partial charge < -0.3 is 15.0 Å². The van der Waals surface area contributed by atoms with E-state index in [9.17, 15) is 0 Å². The highest BCUT2D eigenvalue weighted by Gasteiger charge is 2.35. The number of hydrogen-bond acceptors (Lipinski definition) is 3. The van der Waals surface area contributed by atoms with Gasteiger partial charge in [-0.1, -0.05) is 44.2 Å². The van der Waals surface area contributed by atoms with Gasteiger partial charge in [0.25, 0.3) is 0 Å². The average Bonchev–Trinajstić information content (AvgIpc) is 2.87. The summed E-state index contributed by atoms with van der Waals surface area (Å²) in [6, 6.07) is 10.7. The minimum Gasteiger partial charge on any atom is -0.381 e. The molecule has 0 aliphatic carbocycles. The second-order valence-electron chi connectivity index (χ2n) is 6.99. The maximum Gasteiger partial charge on any atom is 0.0547 e. The van der Waals surface area contributed by atoms with E-state index in [0.717, 1.165) is 45.8 Å². The minimum atomic E-state index is 0.276. The standard InChI is InChI=1S/C18H30N2O/c1-16(2)11-19-13-18(9-10-21-15-18)14-20(3)12-17-7-5-4-6-8-17/h4-8,16,19H,9-15H2,1-3H3. The summed E-state index contributed by atoms with van der Waals surface area (Å²) >= 11 is 0. The molecule has 0 saturated carbocycles. The van der Waals surface area contributed by atoms with Crippen molar-refractivity contribution in [2.45, 2.75) is 26.8 Å². The first-order valence-corrected chi connectivity index (χ1v) is 8.11. The van der Waals surface area contributed by atoms with Gasteiger partial charge in [-0.05, 0) is 31.5 Å². The Kier molecular flexibility index (Phi) is 6.22. The quantitative estimate of drug-likeness (QED) is 0.797. The summed E-state index contributed by atoms with van der Waals surface area (Å²) in [5.41, 5.74) is 1.66. The molecule has 1 fully saturated rings. The van der Waals surface area contributed by atoms with Gasteiger partial charge in [0.05, 0.1) is 6.61 Å². The number of hydrogen-bond donors (Lipinski definition) is 1. The van der Waals surface area contributed by atoms with Crippen molar-refractivity contribution in [1.82, 2.24) is 10.2 Å². The van der Waals surface area contributed by atoms with Crippen molar-refractivity contribution in [3.63, 3.8) is 0 Å². The molecule has 2 rings (SSSR count). The Morgan fingerprint density at radius 2 is 2.05 bits per heavy atom. The fraction of sp³-hybridized carbons (Fsp3) is 0.667. The zero-order valence-corrected chi connectivity index (χ0v) is 13.8. The van der Waals surface area contributed by atoms with E-state index in [1.54, 1.807) is 0 Å². The summed E-state index contributed by atoms with van der Waals surface area (Å²) in [6.45, 7) is 10.5. The summed E-state index contributed by atoms with van der Waals surface area (Å²) in [4.78, 5) is 2.43. The number of nitrogens with one attached hydrogen (secondary N) is 1. The summed E-state index contributed by atoms with van der Waals surface area (Å²) in [6.07, 6.45) is 1.16. The van der Waals surface area contributed by atoms with Crippen molar-refractivity contribution in [2.24, 2.45) is 11.3 Å². The van der Waals surface area contributed by atoms with Gasteiger partial charge in [-0.3, -0.25) is 0 Å². The lowest BCUT2D eigenvalue weighted by molar-refractivity contribution is 0.116. The lowest BCUT2D eigenvalue weighted by atomic mass is 9.86. The Morgan fingerprint density at radius 1 is 1.29 bits per heavy atom. The number of nitrogens with zero attached hydrogens (tertiary/aromatic N) is 1. The molecule has 1 aliphatic rings. The average molecular weight is 290 g/mol. The van der Waals surface area contributed by atoms with Crippen LogP contribution in [0.5, 0.6) is 0 Å². The SMILES string of the molecule is CC(C)CNCC1(CN(C)Cc2ccccc2)CCOC1. The third kappa shape index (κ3) is 5.42. The van der Waals surface area contributed by atoms with Crippen LogP contribution in [-0.4, -0.2) is 44.8 Å². The van der Waals surface area contributed by atoms with Crippen LogP contribution in [0.15, 0.2) is 30.3 Å². The van der Waals surface area contributed by atoms with Gasteiger partial charge in [0, 0.05) is 31.7 Å². The topological polar surface area (TPSA) is 24.5 Å². The molecule has 1 N–H and O–H groups in total. The van der Waals surface area contributed by atoms with E-state index < -0.39 is 0 Å². The van der Waals surface area contributed by atoms with Crippen molar-refractivity contribution in [1.29, 1.82) is 0 Å². The Hall–Kier alpha value is -0.900. The van der Waals surface area contributed by atoms with E-state index in [4.69, 9.17) is 4.74 Å². The summed E-state index contributed by atoms with van der Waals surface area (Å²) in [7, 11) is 2.22. The van der Waals surface area contributed by atoms with Crippen LogP contribution in [0.1, 0.15) is 25.8 Å². The zero-order valence-electron chi connectivity index (χ0n) is 13.8. The maximum atomic E-state index is 5.70. The van der Waals surface area contributed by atoms with Crippen LogP contribution in [0.3, 0.4) is 0 Å². The molecular formula is C18H30N2O. The van der Waals surface area contributed by atoms with E-state index >= 15 is 0 Å². The molecule has 0 bridgehead atoms. The molecule has 3 nitrogen and oxygen atoms in total. The van der Waals surface area contributed by atoms with Crippen LogP contribution in [0, 0.1) is 11.3 Å². The maximum absolute atomic E-state index is 5.70. The van der Waals surface area contributed by atoms with E-state index in [-0.39, 0.29) is 5.41 Å². The van der Waals surface area contributed by atoms with Crippen LogP contribution in [0.2, 0.25) is 0 Å². The molecule has 0 radical (unpaired) electrons. The molecule has 0 amide bonds. The first kappa shape index (κ1) is 16.5. The number of rotatable bonds is 8. The van der Waals surface area contributed by atoms with Crippen LogP contribution in [0.25, 0.3) is 0 Å². The predicted molar refractivity (Wildman–Crippen MR) is 88.4 cm³/mol. The van der Waals surface area contributed by atoms with Crippen LogP contribution >= 0.6 is 0 Å². The highest BCUT2D eigenvalue weighted by molar-refractivity contribution is 5.14. The van der Waals surface area contributed by atoms with Crippen LogP contribution in [-0.2, 0) is 11.3 Å². The highest BCUT2D eigenvalue weighted by Crippen LogP contribution is 2.29. The van der Waals surface area contributed by atoms with Crippen LogP contribution in [0.4, 0.5) is 0 Å². The Balaban J connectivity index is 1.86. The molecule has 1 unspecified atom stereocenters. The van der Waals surface area contributed by atoms with E-state index in [1.165, 1.54) is 5.56 Å². The van der Waals surface area contributed by atoms with Gasteiger partial charge in [0.1, 0.15) is 0 Å². The Bertz CT molecular complexity index is 399. The monoisotopic (exact) mass is 290 g/mol. The third-order valence-electron chi connectivity index (χ3n) is 4.14. The second-order valence-corrected chi connectivity index (χ2v) is 6.99. The molecule has 1 saturated heterocycles. The van der Waals surface area contributed by atoms with Gasteiger partial charge in [-0.2, -0.15) is 0 Å². The van der Waals surface area contributed by atoms with Crippen LogP contribution < -0.4 is 5.32 Å². The predicted octanol–water partition coefficient (Wildman–Crippen LogP) is 2.77. The molecule has 0 aromatic heterocycles. The normalized spacial score (nSPS) is 22.3. The molecule has 3 heteroatoms. The zero-order chi connectivity index (χ0) is 15.1. The molecule has 1 aliphatic heterocycles. The highest BCUT2D eigenvalue weighted by atomic mass is 16.5. The molecule has 118 valence electrons. The van der Waals surface area contributed by atoms with E-state index in [2.05, 4.69) is 61.4 Å². The van der Waals surface area contributed by atoms with E-state index in [0.29, 0.717) is 5.92 Å². The largest absolute Gasteiger partial charge is 0.381 e. The van der Waals surface area contributed by atoms with Gasteiger partial charge in [-0.25, -0.2) is 0 Å². The third-order valence-corrected chi connectivity index (χ3v) is 4.14. The number of benzene rings is 1. The fourth-order valence-corrected chi connectivity index (χ4v) is 3.12. The summed E-state index contributed by atoms with van der Waals surface area (Å²) in [5.74, 6) is 0.700. The lowest BCUT2D eigenvalue weighted by Gasteiger charge is -2.33. The van der Waals surface area contributed by atoms with Crippen molar-refractivity contribution >= 4 is 0 Å². The molecule has 1 heterocycles. The molecule has 21 heavy (non-hydrogen) atoms. The first-order chi connectivity index (χ1) is 10.1. The van der Waals surface area contributed by atoms with E-state index in [1.807, 2.05) is 0 Å². The smallest absolute Gasteiger partial charge is 0.0547 e. The Labute approximate surface area is 129 Å². The minimum absolute atomic E-state index is 0.276. The van der Waals surface area contributed by atoms with Gasteiger partial charge in [0.2, 0.25) is 0 Å². The molecule has 1 atom stereocenters. The van der Waals surface area contributed by atoms with Crippen molar-refractivity contribution in [2.75, 3.05) is 39.9 Å². The summed E-state index contributed by atoms with van der Waals surface area (Å²) < 4.78 is 5.70. The van der Waals surface area contributed by atoms with Crippen molar-refractivity contribution in [3.05, 3.63) is 35.9 Å². The van der Waals surface area contributed by atoms with Crippen molar-refractivity contribution in [3.8, 4) is 0 Å². The lowest BCUT2D eigenvalue weighted by Crippen LogP contribution is -2.44. The molecule has 1 aromatic carbocycles. The van der Waals surface area contributed by atoms with Gasteiger partial charge >= 0.3 is 0 Å².